The maximum absolute atomic E-state index is 5.34. The van der Waals surface area contributed by atoms with Gasteiger partial charge in [0, 0.05) is 11.4 Å². The summed E-state index contributed by atoms with van der Waals surface area (Å²) in [5, 5.41) is 7.05. The van der Waals surface area contributed by atoms with E-state index in [1.165, 1.54) is 0 Å². The molecule has 0 aliphatic heterocycles. The van der Waals surface area contributed by atoms with Crippen molar-refractivity contribution in [2.45, 2.75) is 24.9 Å². The normalized spacial score (nSPS) is 10.7. The van der Waals surface area contributed by atoms with Gasteiger partial charge in [-0.15, -0.1) is 11.8 Å². The predicted molar refractivity (Wildman–Crippen MR) is 80.9 cm³/mol. The van der Waals surface area contributed by atoms with Crippen molar-refractivity contribution < 1.29 is 14.0 Å². The molecule has 0 fully saturated rings. The van der Waals surface area contributed by atoms with Crippen molar-refractivity contribution in [3.8, 4) is 11.5 Å². The van der Waals surface area contributed by atoms with Gasteiger partial charge in [0.15, 0.2) is 17.3 Å². The van der Waals surface area contributed by atoms with Crippen molar-refractivity contribution >= 4 is 11.8 Å². The molecule has 2 rings (SSSR count). The van der Waals surface area contributed by atoms with Crippen LogP contribution in [-0.2, 0) is 13.1 Å². The van der Waals surface area contributed by atoms with Crippen LogP contribution in [0.1, 0.15) is 17.3 Å². The van der Waals surface area contributed by atoms with Crippen LogP contribution in [0.25, 0.3) is 0 Å². The van der Waals surface area contributed by atoms with Crippen LogP contribution in [0.2, 0.25) is 0 Å². The number of nitrogens with one attached hydrogen (secondary N) is 1. The lowest BCUT2D eigenvalue weighted by molar-refractivity contribution is 0.352. The Morgan fingerprint density at radius 2 is 1.90 bits per heavy atom. The van der Waals surface area contributed by atoms with Crippen LogP contribution in [0, 0.1) is 6.92 Å². The van der Waals surface area contributed by atoms with E-state index in [-0.39, 0.29) is 0 Å². The van der Waals surface area contributed by atoms with Crippen molar-refractivity contribution in [3.63, 3.8) is 0 Å². The average Bonchev–Trinajstić information content (AvgIpc) is 2.92. The maximum atomic E-state index is 5.34. The van der Waals surface area contributed by atoms with E-state index in [9.17, 15) is 0 Å². The highest BCUT2D eigenvalue weighted by Crippen LogP contribution is 2.34. The second kappa shape index (κ2) is 7.33. The molecule has 2 aromatic rings. The number of rotatable bonds is 7. The first-order valence-electron chi connectivity index (χ1n) is 6.46. The van der Waals surface area contributed by atoms with Gasteiger partial charge in [-0.25, -0.2) is 0 Å². The van der Waals surface area contributed by atoms with Gasteiger partial charge in [-0.05, 0) is 30.9 Å². The zero-order valence-electron chi connectivity index (χ0n) is 12.6. The highest BCUT2D eigenvalue weighted by atomic mass is 32.2. The molecule has 0 bridgehead atoms. The van der Waals surface area contributed by atoms with Gasteiger partial charge < -0.3 is 19.3 Å². The first-order chi connectivity index (χ1) is 10.2. The highest BCUT2D eigenvalue weighted by Gasteiger charge is 2.11. The van der Waals surface area contributed by atoms with Gasteiger partial charge in [0.2, 0.25) is 5.89 Å². The molecule has 0 atom stereocenters. The summed E-state index contributed by atoms with van der Waals surface area (Å²) < 4.78 is 15.7. The Morgan fingerprint density at radius 1 is 1.19 bits per heavy atom. The van der Waals surface area contributed by atoms with E-state index in [0.717, 1.165) is 22.0 Å². The predicted octanol–water partition coefficient (Wildman–Crippen LogP) is 2.41. The van der Waals surface area contributed by atoms with Gasteiger partial charge in [0.05, 0.1) is 20.8 Å². The molecular formula is C14H19N3O3S. The number of methoxy groups -OCH3 is 2. The first kappa shape index (κ1) is 15.7. The molecule has 0 amide bonds. The van der Waals surface area contributed by atoms with Crippen LogP contribution in [0.4, 0.5) is 0 Å². The highest BCUT2D eigenvalue weighted by molar-refractivity contribution is 7.98. The maximum Gasteiger partial charge on any atom is 0.240 e. The minimum absolute atomic E-state index is 0.531. The third kappa shape index (κ3) is 3.89. The van der Waals surface area contributed by atoms with Crippen LogP contribution in [-0.4, -0.2) is 30.6 Å². The summed E-state index contributed by atoms with van der Waals surface area (Å²) in [6, 6.07) is 3.97. The fourth-order valence-corrected chi connectivity index (χ4v) is 2.56. The molecule has 0 aliphatic carbocycles. The number of hydrogen-bond donors (Lipinski definition) is 1. The molecule has 0 spiro atoms. The molecule has 21 heavy (non-hydrogen) atoms. The Morgan fingerprint density at radius 3 is 2.48 bits per heavy atom. The Labute approximate surface area is 128 Å². The summed E-state index contributed by atoms with van der Waals surface area (Å²) >= 11 is 1.67. The lowest BCUT2D eigenvalue weighted by Gasteiger charge is -2.13. The summed E-state index contributed by atoms with van der Waals surface area (Å²) in [6.07, 6.45) is 2.03. The molecule has 1 heterocycles. The number of ether oxygens (including phenoxy) is 2. The third-order valence-corrected chi connectivity index (χ3v) is 3.77. The smallest absolute Gasteiger partial charge is 0.240 e. The van der Waals surface area contributed by atoms with E-state index in [2.05, 4.69) is 15.5 Å². The fraction of sp³-hybridized carbons (Fsp3) is 0.429. The zero-order valence-corrected chi connectivity index (χ0v) is 13.4. The third-order valence-electron chi connectivity index (χ3n) is 2.95. The molecule has 0 unspecified atom stereocenters. The molecule has 1 aromatic carbocycles. The quantitative estimate of drug-likeness (QED) is 0.788. The zero-order chi connectivity index (χ0) is 15.2. The Balaban J connectivity index is 2.07. The molecule has 0 saturated heterocycles. The van der Waals surface area contributed by atoms with Gasteiger partial charge in [-0.1, -0.05) is 5.16 Å². The summed E-state index contributed by atoms with van der Waals surface area (Å²) in [5.74, 6) is 2.68. The van der Waals surface area contributed by atoms with E-state index >= 15 is 0 Å². The van der Waals surface area contributed by atoms with Crippen LogP contribution in [0.3, 0.4) is 0 Å². The number of benzene rings is 1. The molecule has 0 radical (unpaired) electrons. The molecular weight excluding hydrogens is 290 g/mol. The molecule has 0 aliphatic rings. The van der Waals surface area contributed by atoms with Crippen LogP contribution in [0.5, 0.6) is 11.5 Å². The van der Waals surface area contributed by atoms with Crippen molar-refractivity contribution in [2.24, 2.45) is 0 Å². The van der Waals surface area contributed by atoms with Gasteiger partial charge in [-0.2, -0.15) is 4.98 Å². The van der Waals surface area contributed by atoms with Crippen LogP contribution in [0.15, 0.2) is 21.6 Å². The number of aromatic nitrogens is 2. The number of thioether (sulfide) groups is 1. The molecule has 1 N–H and O–H groups in total. The first-order valence-corrected chi connectivity index (χ1v) is 7.69. The van der Waals surface area contributed by atoms with E-state index in [1.807, 2.05) is 18.4 Å². The largest absolute Gasteiger partial charge is 0.493 e. The van der Waals surface area contributed by atoms with Gasteiger partial charge in [0.1, 0.15) is 0 Å². The lowest BCUT2D eigenvalue weighted by Crippen LogP contribution is -2.13. The molecule has 1 aromatic heterocycles. The average molecular weight is 309 g/mol. The topological polar surface area (TPSA) is 69.4 Å². The molecule has 6 nitrogen and oxygen atoms in total. The second-order valence-corrected chi connectivity index (χ2v) is 5.21. The Bertz CT molecular complexity index is 601. The van der Waals surface area contributed by atoms with Crippen molar-refractivity contribution in [1.29, 1.82) is 0 Å². The van der Waals surface area contributed by atoms with Crippen molar-refractivity contribution in [1.82, 2.24) is 15.5 Å². The monoisotopic (exact) mass is 309 g/mol. The second-order valence-electron chi connectivity index (χ2n) is 4.36. The van der Waals surface area contributed by atoms with Crippen LogP contribution < -0.4 is 14.8 Å². The van der Waals surface area contributed by atoms with Gasteiger partial charge in [0.25, 0.3) is 0 Å². The van der Waals surface area contributed by atoms with Gasteiger partial charge in [-0.3, -0.25) is 0 Å². The standard InChI is InChI=1S/C14H19N3O3S/c1-9-16-14(20-17-9)8-15-7-10-5-11(18-2)12(19-3)6-13(10)21-4/h5-6,15H,7-8H2,1-4H3. The number of aryl methyl sites for hydroxylation is 1. The van der Waals surface area contributed by atoms with E-state index in [4.69, 9.17) is 14.0 Å². The summed E-state index contributed by atoms with van der Waals surface area (Å²) in [5.41, 5.74) is 1.14. The van der Waals surface area contributed by atoms with Crippen molar-refractivity contribution in [2.75, 3.05) is 20.5 Å². The van der Waals surface area contributed by atoms with Gasteiger partial charge >= 0.3 is 0 Å². The summed E-state index contributed by atoms with van der Waals surface area (Å²) in [7, 11) is 3.27. The molecule has 7 heteroatoms. The minimum Gasteiger partial charge on any atom is -0.493 e. The summed E-state index contributed by atoms with van der Waals surface area (Å²) in [4.78, 5) is 5.30. The molecule has 114 valence electrons. The SMILES string of the molecule is COc1cc(CNCc2nc(C)no2)c(SC)cc1OC. The fourth-order valence-electron chi connectivity index (χ4n) is 1.95. The van der Waals surface area contributed by atoms with Crippen LogP contribution >= 0.6 is 11.8 Å². The Hall–Kier alpha value is -1.73. The minimum atomic E-state index is 0.531. The van der Waals surface area contributed by atoms with Crippen molar-refractivity contribution in [3.05, 3.63) is 29.4 Å². The lowest BCUT2D eigenvalue weighted by atomic mass is 10.2. The van der Waals surface area contributed by atoms with E-state index < -0.39 is 0 Å². The van der Waals surface area contributed by atoms with E-state index in [0.29, 0.717) is 24.8 Å². The Kier molecular flexibility index (Phi) is 5.46. The number of hydrogen-bond acceptors (Lipinski definition) is 7. The number of nitrogens with zero attached hydrogens (tertiary/aromatic N) is 2. The molecule has 0 saturated carbocycles. The summed E-state index contributed by atoms with van der Waals surface area (Å²) in [6.45, 7) is 3.01. The van der Waals surface area contributed by atoms with E-state index in [1.54, 1.807) is 32.9 Å².